The summed E-state index contributed by atoms with van der Waals surface area (Å²) < 4.78 is 5.89. The van der Waals surface area contributed by atoms with Crippen molar-refractivity contribution in [3.05, 3.63) is 117 Å². The van der Waals surface area contributed by atoms with Crippen LogP contribution in [0.3, 0.4) is 0 Å². The molecule has 0 bridgehead atoms. The maximum atomic E-state index is 14.4. The lowest BCUT2D eigenvalue weighted by molar-refractivity contribution is 0.0652. The van der Waals surface area contributed by atoms with Crippen molar-refractivity contribution in [2.45, 2.75) is 18.0 Å². The van der Waals surface area contributed by atoms with Crippen LogP contribution in [0.2, 0.25) is 5.02 Å². The molecule has 2 aromatic heterocycles. The molecule has 2 aliphatic heterocycles. The van der Waals surface area contributed by atoms with Crippen LogP contribution in [0, 0.1) is 5.41 Å². The van der Waals surface area contributed by atoms with Crippen molar-refractivity contribution in [3.8, 4) is 0 Å². The monoisotopic (exact) mass is 511 g/mol. The van der Waals surface area contributed by atoms with Gasteiger partial charge in [-0.3, -0.25) is 14.4 Å². The molecular weight excluding hydrogens is 494 g/mol. The Morgan fingerprint density at radius 2 is 1.75 bits per heavy atom. The van der Waals surface area contributed by atoms with Crippen molar-refractivity contribution in [1.82, 2.24) is 0 Å². The lowest BCUT2D eigenvalue weighted by Crippen LogP contribution is -2.48. The highest BCUT2D eigenvalue weighted by Gasteiger charge is 2.72. The highest BCUT2D eigenvalue weighted by molar-refractivity contribution is 7.12. The summed E-state index contributed by atoms with van der Waals surface area (Å²) in [6.45, 7) is 0. The number of rotatable bonds is 3. The van der Waals surface area contributed by atoms with E-state index in [-0.39, 0.29) is 17.3 Å². The summed E-state index contributed by atoms with van der Waals surface area (Å²) in [5.41, 5.74) is 0.810. The quantitative estimate of drug-likeness (QED) is 0.238. The van der Waals surface area contributed by atoms with Crippen LogP contribution in [0.1, 0.15) is 47.6 Å². The average Bonchev–Trinajstić information content (AvgIpc) is 3.68. The van der Waals surface area contributed by atoms with Gasteiger partial charge in [0.25, 0.3) is 0 Å². The number of benzene rings is 2. The van der Waals surface area contributed by atoms with E-state index in [4.69, 9.17) is 16.0 Å². The first-order chi connectivity index (χ1) is 17.5. The van der Waals surface area contributed by atoms with Gasteiger partial charge in [-0.2, -0.15) is 0 Å². The standard InChI is InChI=1S/C29H18ClNO4S/c30-17-10-11-20-16(15-17)9-12-23-29(27(33)18-5-1-2-6-19(18)28(29)34)24(21-7-3-13-35-21)25(31(20)23)26(32)22-8-4-14-36-22/h1-15,23-25H/t23-,24-,25+/m0/s1. The molecule has 0 saturated carbocycles. The summed E-state index contributed by atoms with van der Waals surface area (Å²) in [6.07, 6.45) is 5.29. The summed E-state index contributed by atoms with van der Waals surface area (Å²) in [7, 11) is 0. The van der Waals surface area contributed by atoms with Gasteiger partial charge in [-0.05, 0) is 47.3 Å². The highest BCUT2D eigenvalue weighted by atomic mass is 35.5. The molecule has 3 atom stereocenters. The zero-order valence-corrected chi connectivity index (χ0v) is 20.3. The van der Waals surface area contributed by atoms with Gasteiger partial charge in [-0.25, -0.2) is 0 Å². The summed E-state index contributed by atoms with van der Waals surface area (Å²) in [5, 5.41) is 2.41. The van der Waals surface area contributed by atoms with Gasteiger partial charge in [0.15, 0.2) is 17.3 Å². The fourth-order valence-corrected chi connectivity index (χ4v) is 7.17. The average molecular weight is 512 g/mol. The van der Waals surface area contributed by atoms with Gasteiger partial charge in [0.2, 0.25) is 0 Å². The molecule has 1 fully saturated rings. The Hall–Kier alpha value is -3.74. The molecule has 0 radical (unpaired) electrons. The third kappa shape index (κ3) is 2.63. The first-order valence-electron chi connectivity index (χ1n) is 11.6. The Labute approximate surface area is 215 Å². The van der Waals surface area contributed by atoms with Crippen LogP contribution in [0.5, 0.6) is 0 Å². The molecule has 5 nitrogen and oxygen atoms in total. The van der Waals surface area contributed by atoms with E-state index >= 15 is 0 Å². The van der Waals surface area contributed by atoms with Gasteiger partial charge >= 0.3 is 0 Å². The van der Waals surface area contributed by atoms with Crippen LogP contribution in [0.15, 0.2) is 88.9 Å². The molecule has 4 aromatic rings. The van der Waals surface area contributed by atoms with Crippen LogP contribution < -0.4 is 4.90 Å². The predicted octanol–water partition coefficient (Wildman–Crippen LogP) is 6.31. The lowest BCUT2D eigenvalue weighted by Gasteiger charge is -2.37. The first-order valence-corrected chi connectivity index (χ1v) is 12.8. The third-order valence-electron chi connectivity index (χ3n) is 7.65. The minimum atomic E-state index is -1.55. The van der Waals surface area contributed by atoms with Crippen LogP contribution >= 0.6 is 22.9 Å². The fraction of sp³-hybridized carbons (Fsp3) is 0.138. The van der Waals surface area contributed by atoms with Crippen LogP contribution in [-0.2, 0) is 0 Å². The Morgan fingerprint density at radius 1 is 0.972 bits per heavy atom. The summed E-state index contributed by atoms with van der Waals surface area (Å²) in [4.78, 5) is 45.5. The second-order valence-corrected chi connectivity index (χ2v) is 10.7. The molecule has 1 aliphatic carbocycles. The van der Waals surface area contributed by atoms with Crippen molar-refractivity contribution in [2.75, 3.05) is 4.90 Å². The number of anilines is 1. The largest absolute Gasteiger partial charge is 0.469 e. The summed E-state index contributed by atoms with van der Waals surface area (Å²) in [6, 6.07) is 18.0. The second kappa shape index (κ2) is 7.63. The molecule has 2 aromatic carbocycles. The maximum absolute atomic E-state index is 14.4. The predicted molar refractivity (Wildman–Crippen MR) is 138 cm³/mol. The molecule has 7 rings (SSSR count). The second-order valence-electron chi connectivity index (χ2n) is 9.27. The SMILES string of the molecule is O=C(c1cccs1)[C@H]1[C@H](c2ccco2)C2(C(=O)c3ccccc3C2=O)[C@@H]2C=Cc3cc(Cl)ccc3N21. The number of hydrogen-bond acceptors (Lipinski definition) is 6. The number of furan rings is 1. The third-order valence-corrected chi connectivity index (χ3v) is 8.77. The molecule has 0 unspecified atom stereocenters. The van der Waals surface area contributed by atoms with Crippen LogP contribution in [0.4, 0.5) is 5.69 Å². The van der Waals surface area contributed by atoms with E-state index in [2.05, 4.69) is 0 Å². The van der Waals surface area contributed by atoms with E-state index in [0.717, 1.165) is 11.3 Å². The minimum Gasteiger partial charge on any atom is -0.469 e. The summed E-state index contributed by atoms with van der Waals surface area (Å²) in [5.74, 6) is -1.09. The minimum absolute atomic E-state index is 0.152. The molecule has 0 amide bonds. The zero-order chi connectivity index (χ0) is 24.6. The molecule has 0 N–H and O–H groups in total. The number of carbonyl (C=O) groups excluding carboxylic acids is 3. The van der Waals surface area contributed by atoms with E-state index < -0.39 is 23.4 Å². The van der Waals surface area contributed by atoms with Crippen molar-refractivity contribution >= 4 is 52.1 Å². The topological polar surface area (TPSA) is 67.6 Å². The number of hydrogen-bond donors (Lipinski definition) is 0. The fourth-order valence-electron chi connectivity index (χ4n) is 6.29. The van der Waals surface area contributed by atoms with Gasteiger partial charge in [0.05, 0.1) is 23.1 Å². The Kier molecular flexibility index (Phi) is 4.56. The van der Waals surface area contributed by atoms with E-state index in [0.29, 0.717) is 26.8 Å². The van der Waals surface area contributed by atoms with E-state index in [1.54, 1.807) is 48.5 Å². The number of carbonyl (C=O) groups is 3. The number of ketones is 3. The zero-order valence-electron chi connectivity index (χ0n) is 18.8. The molecule has 3 aliphatic rings. The maximum Gasteiger partial charge on any atom is 0.195 e. The number of fused-ring (bicyclic) bond motifs is 5. The normalized spacial score (nSPS) is 23.1. The number of halogens is 1. The Balaban J connectivity index is 1.55. The molecule has 176 valence electrons. The van der Waals surface area contributed by atoms with Crippen molar-refractivity contribution < 1.29 is 18.8 Å². The molecular formula is C29H18ClNO4S. The van der Waals surface area contributed by atoms with Crippen molar-refractivity contribution in [2.24, 2.45) is 5.41 Å². The van der Waals surface area contributed by atoms with Gasteiger partial charge in [-0.15, -0.1) is 11.3 Å². The van der Waals surface area contributed by atoms with Crippen molar-refractivity contribution in [3.63, 3.8) is 0 Å². The van der Waals surface area contributed by atoms with Crippen LogP contribution in [0.25, 0.3) is 6.08 Å². The molecule has 1 saturated heterocycles. The smallest absolute Gasteiger partial charge is 0.195 e. The lowest BCUT2D eigenvalue weighted by atomic mass is 9.66. The molecule has 36 heavy (non-hydrogen) atoms. The van der Waals surface area contributed by atoms with Crippen molar-refractivity contribution in [1.29, 1.82) is 0 Å². The number of Topliss-reactive ketones (excluding diaryl/α,β-unsaturated/α-hetero) is 3. The van der Waals surface area contributed by atoms with Gasteiger partial charge in [-0.1, -0.05) is 54.1 Å². The molecule has 4 heterocycles. The van der Waals surface area contributed by atoms with E-state index in [1.807, 2.05) is 40.6 Å². The van der Waals surface area contributed by atoms with Gasteiger partial charge in [0, 0.05) is 21.8 Å². The van der Waals surface area contributed by atoms with E-state index in [9.17, 15) is 14.4 Å². The highest BCUT2D eigenvalue weighted by Crippen LogP contribution is 2.61. The number of nitrogens with zero attached hydrogens (tertiary/aromatic N) is 1. The summed E-state index contributed by atoms with van der Waals surface area (Å²) >= 11 is 7.64. The van der Waals surface area contributed by atoms with E-state index in [1.165, 1.54) is 17.6 Å². The Morgan fingerprint density at radius 3 is 2.42 bits per heavy atom. The Bertz CT molecular complexity index is 1550. The van der Waals surface area contributed by atoms with Gasteiger partial charge < -0.3 is 9.32 Å². The first kappa shape index (κ1) is 21.5. The molecule has 1 spiro atoms. The molecule has 7 heteroatoms. The number of thiophene rings is 1. The van der Waals surface area contributed by atoms with Gasteiger partial charge in [0.1, 0.15) is 17.2 Å². The van der Waals surface area contributed by atoms with Crippen LogP contribution in [-0.4, -0.2) is 29.4 Å².